The third-order valence-electron chi connectivity index (χ3n) is 7.06. The number of halogens is 1. The molecule has 0 saturated carbocycles. The van der Waals surface area contributed by atoms with E-state index < -0.39 is 11.4 Å². The van der Waals surface area contributed by atoms with Gasteiger partial charge in [0, 0.05) is 10.8 Å². The molecular formula is C32H37FO2. The zero-order valence-electron chi connectivity index (χ0n) is 21.2. The molecule has 0 bridgehead atoms. The monoisotopic (exact) mass is 472 g/mol. The lowest BCUT2D eigenvalue weighted by Gasteiger charge is -2.10. The van der Waals surface area contributed by atoms with E-state index in [2.05, 4.69) is 38.1 Å². The molecule has 0 amide bonds. The van der Waals surface area contributed by atoms with E-state index in [9.17, 15) is 4.79 Å². The predicted molar refractivity (Wildman–Crippen MR) is 146 cm³/mol. The van der Waals surface area contributed by atoms with Gasteiger partial charge in [-0.05, 0) is 54.0 Å². The molecule has 0 aliphatic rings. The third kappa shape index (κ3) is 6.01. The van der Waals surface area contributed by atoms with Crippen molar-refractivity contribution in [3.8, 4) is 11.1 Å². The number of fused-ring (bicyclic) bond motifs is 3. The van der Waals surface area contributed by atoms with Gasteiger partial charge in [0.15, 0.2) is 11.4 Å². The zero-order valence-corrected chi connectivity index (χ0v) is 21.2. The van der Waals surface area contributed by atoms with Crippen LogP contribution in [0.4, 0.5) is 4.39 Å². The molecule has 4 aromatic rings. The van der Waals surface area contributed by atoms with Crippen molar-refractivity contribution >= 4 is 21.7 Å². The first kappa shape index (κ1) is 25.2. The van der Waals surface area contributed by atoms with Gasteiger partial charge < -0.3 is 4.42 Å². The van der Waals surface area contributed by atoms with Crippen molar-refractivity contribution in [3.05, 3.63) is 82.0 Å². The summed E-state index contributed by atoms with van der Waals surface area (Å²) in [5.41, 5.74) is 3.59. The van der Waals surface area contributed by atoms with Crippen molar-refractivity contribution in [3.63, 3.8) is 0 Å². The first-order chi connectivity index (χ1) is 17.1. The molecule has 1 aromatic heterocycles. The van der Waals surface area contributed by atoms with Crippen LogP contribution in [0, 0.1) is 5.82 Å². The van der Waals surface area contributed by atoms with Gasteiger partial charge >= 0.3 is 5.63 Å². The van der Waals surface area contributed by atoms with Crippen LogP contribution >= 0.6 is 0 Å². The number of rotatable bonds is 12. The van der Waals surface area contributed by atoms with E-state index in [0.717, 1.165) is 35.8 Å². The van der Waals surface area contributed by atoms with Gasteiger partial charge in [0.25, 0.3) is 0 Å². The maximum Gasteiger partial charge on any atom is 0.344 e. The zero-order chi connectivity index (χ0) is 24.6. The van der Waals surface area contributed by atoms with Crippen LogP contribution in [-0.4, -0.2) is 0 Å². The van der Waals surface area contributed by atoms with Crippen molar-refractivity contribution in [1.29, 1.82) is 0 Å². The number of benzene rings is 3. The Labute approximate surface area is 208 Å². The number of hydrogen-bond acceptors (Lipinski definition) is 2. The van der Waals surface area contributed by atoms with Crippen LogP contribution in [0.25, 0.3) is 32.9 Å². The van der Waals surface area contributed by atoms with Gasteiger partial charge in [0.1, 0.15) is 0 Å². The topological polar surface area (TPSA) is 30.2 Å². The highest BCUT2D eigenvalue weighted by Gasteiger charge is 2.15. The summed E-state index contributed by atoms with van der Waals surface area (Å²) < 4.78 is 20.8. The van der Waals surface area contributed by atoms with Crippen LogP contribution in [0.2, 0.25) is 0 Å². The molecule has 0 atom stereocenters. The Morgan fingerprint density at radius 1 is 0.657 bits per heavy atom. The van der Waals surface area contributed by atoms with Crippen LogP contribution in [0.1, 0.15) is 82.8 Å². The Morgan fingerprint density at radius 2 is 1.29 bits per heavy atom. The van der Waals surface area contributed by atoms with Crippen molar-refractivity contribution in [2.75, 3.05) is 0 Å². The van der Waals surface area contributed by atoms with E-state index in [1.807, 2.05) is 30.3 Å². The highest BCUT2D eigenvalue weighted by atomic mass is 19.1. The molecule has 35 heavy (non-hydrogen) atoms. The molecule has 184 valence electrons. The normalized spacial score (nSPS) is 11.5. The van der Waals surface area contributed by atoms with Crippen molar-refractivity contribution in [2.24, 2.45) is 0 Å². The summed E-state index contributed by atoms with van der Waals surface area (Å²) in [5.74, 6) is -0.393. The fraction of sp³-hybridized carbons (Fsp3) is 0.406. The molecule has 1 heterocycles. The van der Waals surface area contributed by atoms with Crippen molar-refractivity contribution in [2.45, 2.75) is 84.5 Å². The SMILES string of the molecule is CCCCCCCc1ccc2c(oc(=O)c3cc(-c4ccc(CCCCCC)cc4)ccc32)c1F. The molecule has 0 fully saturated rings. The molecule has 3 aromatic carbocycles. The number of aryl methyl sites for hydroxylation is 2. The molecular weight excluding hydrogens is 435 g/mol. The highest BCUT2D eigenvalue weighted by molar-refractivity contribution is 6.05. The van der Waals surface area contributed by atoms with E-state index in [-0.39, 0.29) is 5.58 Å². The molecule has 0 aliphatic carbocycles. The lowest BCUT2D eigenvalue weighted by molar-refractivity contribution is 0.521. The average Bonchev–Trinajstić information content (AvgIpc) is 2.88. The highest BCUT2D eigenvalue weighted by Crippen LogP contribution is 2.30. The minimum Gasteiger partial charge on any atom is -0.419 e. The third-order valence-corrected chi connectivity index (χ3v) is 7.06. The first-order valence-corrected chi connectivity index (χ1v) is 13.4. The molecule has 2 nitrogen and oxygen atoms in total. The second-order valence-corrected chi connectivity index (χ2v) is 9.74. The van der Waals surface area contributed by atoms with Gasteiger partial charge in [0.05, 0.1) is 5.39 Å². The summed E-state index contributed by atoms with van der Waals surface area (Å²) >= 11 is 0. The molecule has 3 heteroatoms. The van der Waals surface area contributed by atoms with Gasteiger partial charge in [-0.25, -0.2) is 9.18 Å². The first-order valence-electron chi connectivity index (χ1n) is 13.4. The van der Waals surface area contributed by atoms with Gasteiger partial charge in [-0.15, -0.1) is 0 Å². The van der Waals surface area contributed by atoms with Crippen molar-refractivity contribution in [1.82, 2.24) is 0 Å². The van der Waals surface area contributed by atoms with Crippen molar-refractivity contribution < 1.29 is 8.81 Å². The summed E-state index contributed by atoms with van der Waals surface area (Å²) in [7, 11) is 0. The van der Waals surface area contributed by atoms with E-state index in [4.69, 9.17) is 4.42 Å². The van der Waals surface area contributed by atoms with E-state index in [0.29, 0.717) is 22.8 Å². The summed E-state index contributed by atoms with van der Waals surface area (Å²) in [6, 6.07) is 18.1. The van der Waals surface area contributed by atoms with Crippen LogP contribution in [0.3, 0.4) is 0 Å². The lowest BCUT2D eigenvalue weighted by Crippen LogP contribution is -2.03. The van der Waals surface area contributed by atoms with Gasteiger partial charge in [-0.1, -0.05) is 107 Å². The maximum atomic E-state index is 15.2. The molecule has 0 aliphatic heterocycles. The molecule has 0 unspecified atom stereocenters. The van der Waals surface area contributed by atoms with Gasteiger partial charge in [-0.2, -0.15) is 0 Å². The Balaban J connectivity index is 1.57. The van der Waals surface area contributed by atoms with E-state index >= 15 is 4.39 Å². The van der Waals surface area contributed by atoms with E-state index in [1.165, 1.54) is 50.5 Å². The fourth-order valence-corrected chi connectivity index (χ4v) is 4.92. The summed E-state index contributed by atoms with van der Waals surface area (Å²) in [5, 5.41) is 1.88. The molecule has 0 saturated heterocycles. The number of hydrogen-bond donors (Lipinski definition) is 0. The van der Waals surface area contributed by atoms with Gasteiger partial charge in [-0.3, -0.25) is 0 Å². The largest absolute Gasteiger partial charge is 0.419 e. The molecule has 4 rings (SSSR count). The minimum absolute atomic E-state index is 0.0775. The Bertz CT molecular complexity index is 1320. The second-order valence-electron chi connectivity index (χ2n) is 9.74. The Kier molecular flexibility index (Phi) is 8.74. The fourth-order valence-electron chi connectivity index (χ4n) is 4.92. The predicted octanol–water partition coefficient (Wildman–Crippen LogP) is 9.39. The second kappa shape index (κ2) is 12.2. The average molecular weight is 473 g/mol. The van der Waals surface area contributed by atoms with Gasteiger partial charge in [0.2, 0.25) is 0 Å². The summed E-state index contributed by atoms with van der Waals surface area (Å²) in [6.07, 6.45) is 12.4. The maximum absolute atomic E-state index is 15.2. The Hall–Kier alpha value is -2.94. The van der Waals surface area contributed by atoms with Crippen LogP contribution in [0.15, 0.2) is 63.8 Å². The van der Waals surface area contributed by atoms with Crippen LogP contribution < -0.4 is 5.63 Å². The molecule has 0 spiro atoms. The van der Waals surface area contributed by atoms with E-state index in [1.54, 1.807) is 0 Å². The standard InChI is InChI=1S/C32H37FO2/c1-3-5-7-9-11-13-25-18-21-28-27-20-19-26(22-29(27)32(34)35-31(28)30(25)33)24-16-14-23(15-17-24)12-10-8-6-4-2/h14-22H,3-13H2,1-2H3. The lowest BCUT2D eigenvalue weighted by atomic mass is 9.97. The van der Waals surface area contributed by atoms with Crippen LogP contribution in [-0.2, 0) is 12.8 Å². The summed E-state index contributed by atoms with van der Waals surface area (Å²) in [6.45, 7) is 4.41. The smallest absolute Gasteiger partial charge is 0.344 e. The molecule has 0 N–H and O–H groups in total. The minimum atomic E-state index is -0.485. The Morgan fingerprint density at radius 3 is 2.03 bits per heavy atom. The quantitative estimate of drug-likeness (QED) is 0.117. The van der Waals surface area contributed by atoms with Crippen LogP contribution in [0.5, 0.6) is 0 Å². The molecule has 0 radical (unpaired) electrons. The number of unbranched alkanes of at least 4 members (excludes halogenated alkanes) is 7. The summed E-state index contributed by atoms with van der Waals surface area (Å²) in [4.78, 5) is 12.9.